The number of fused-ring (bicyclic) bond motifs is 18. The van der Waals surface area contributed by atoms with Crippen LogP contribution in [0.1, 0.15) is 0 Å². The van der Waals surface area contributed by atoms with Crippen LogP contribution in [0, 0.1) is 0 Å². The molecule has 1 aromatic heterocycles. The van der Waals surface area contributed by atoms with Gasteiger partial charge in [-0.1, -0.05) is 200 Å². The highest BCUT2D eigenvalue weighted by Gasteiger charge is 2.27. The lowest BCUT2D eigenvalue weighted by molar-refractivity contribution is 1.29. The zero-order valence-corrected chi connectivity index (χ0v) is 41.7. The van der Waals surface area contributed by atoms with E-state index in [1.807, 2.05) is 11.3 Å². The van der Waals surface area contributed by atoms with Gasteiger partial charge < -0.3 is 9.80 Å². The lowest BCUT2D eigenvalue weighted by atomic mass is 9.93. The molecule has 75 heavy (non-hydrogen) atoms. The van der Waals surface area contributed by atoms with Crippen LogP contribution in [0.25, 0.3) is 107 Å². The highest BCUT2D eigenvalue weighted by atomic mass is 32.1. The molecule has 2 heterocycles. The molecule has 15 rings (SSSR count). The van der Waals surface area contributed by atoms with E-state index in [1.54, 1.807) is 0 Å². The lowest BCUT2D eigenvalue weighted by Crippen LogP contribution is -2.10. The van der Waals surface area contributed by atoms with Crippen LogP contribution in [-0.4, -0.2) is 0 Å². The second-order valence-electron chi connectivity index (χ2n) is 19.5. The summed E-state index contributed by atoms with van der Waals surface area (Å²) in [6, 6.07) is 103. The highest BCUT2D eigenvalue weighted by Crippen LogP contribution is 2.53. The second kappa shape index (κ2) is 17.6. The lowest BCUT2D eigenvalue weighted by Gasteiger charge is -2.27. The number of rotatable bonds is 5. The van der Waals surface area contributed by atoms with E-state index in [0.717, 1.165) is 34.1 Å². The van der Waals surface area contributed by atoms with Gasteiger partial charge in [-0.3, -0.25) is 0 Å². The Kier molecular flexibility index (Phi) is 10.1. The van der Waals surface area contributed by atoms with Gasteiger partial charge in [0.25, 0.3) is 0 Å². The molecule has 0 fully saturated rings. The van der Waals surface area contributed by atoms with Crippen LogP contribution in [0.3, 0.4) is 0 Å². The number of nitrogens with zero attached hydrogens (tertiary/aromatic N) is 2. The molecular weight excluding hydrogens is 925 g/mol. The summed E-state index contributed by atoms with van der Waals surface area (Å²) in [5.41, 5.74) is 13.7. The van der Waals surface area contributed by atoms with E-state index < -0.39 is 0 Å². The van der Waals surface area contributed by atoms with Crippen LogP contribution in [0.2, 0.25) is 0 Å². The second-order valence-corrected chi connectivity index (χ2v) is 20.6. The Morgan fingerprint density at radius 2 is 0.680 bits per heavy atom. The van der Waals surface area contributed by atoms with Crippen molar-refractivity contribution in [3.63, 3.8) is 0 Å². The van der Waals surface area contributed by atoms with E-state index >= 15 is 0 Å². The van der Waals surface area contributed by atoms with Gasteiger partial charge in [-0.05, 0) is 155 Å². The minimum absolute atomic E-state index is 1.07. The fraction of sp³-hybridized carbons (Fsp3) is 0. The van der Waals surface area contributed by atoms with Crippen LogP contribution in [0.4, 0.5) is 34.1 Å². The molecule has 3 heteroatoms. The summed E-state index contributed by atoms with van der Waals surface area (Å²) in [6.07, 6.45) is 0. The first-order valence-corrected chi connectivity index (χ1v) is 26.6. The SMILES string of the molecule is c1ccc(-c2ccc(N(c3ccc4c(c3)-c3ccccc3N(c3ccccc3)c3ccccc3-4)c3ccc4c5ccccc5c5ccccc5c5ccccc5c5cc6sc7ccccc7c6cc5c4c3)cc2)cc1. The van der Waals surface area contributed by atoms with Crippen molar-refractivity contribution in [3.8, 4) is 33.4 Å². The Hall–Kier alpha value is -9.54. The summed E-state index contributed by atoms with van der Waals surface area (Å²) in [6.45, 7) is 0. The Morgan fingerprint density at radius 1 is 0.240 bits per heavy atom. The molecule has 0 spiro atoms. The number of hydrogen-bond acceptors (Lipinski definition) is 3. The van der Waals surface area contributed by atoms with Gasteiger partial charge in [0, 0.05) is 54.0 Å². The maximum absolute atomic E-state index is 2.49. The molecule has 0 radical (unpaired) electrons. The van der Waals surface area contributed by atoms with Crippen LogP contribution >= 0.6 is 11.3 Å². The smallest absolute Gasteiger partial charge is 0.0540 e. The summed E-state index contributed by atoms with van der Waals surface area (Å²) in [5, 5.41) is 14.7. The van der Waals surface area contributed by atoms with Crippen molar-refractivity contribution in [2.24, 2.45) is 0 Å². The molecule has 14 aromatic rings. The fourth-order valence-electron chi connectivity index (χ4n) is 12.0. The molecule has 0 unspecified atom stereocenters. The van der Waals surface area contributed by atoms with Gasteiger partial charge in [-0.15, -0.1) is 11.3 Å². The van der Waals surface area contributed by atoms with Crippen molar-refractivity contribution in [1.82, 2.24) is 0 Å². The van der Waals surface area contributed by atoms with Gasteiger partial charge in [0.2, 0.25) is 0 Å². The summed E-state index contributed by atoms with van der Waals surface area (Å²) in [5.74, 6) is 0. The molecule has 0 atom stereocenters. The first kappa shape index (κ1) is 43.1. The van der Waals surface area contributed by atoms with E-state index in [2.05, 4.69) is 289 Å². The third kappa shape index (κ3) is 7.08. The quantitative estimate of drug-likeness (QED) is 0.170. The Bertz CT molecular complexity index is 4650. The molecule has 1 aliphatic rings. The average molecular weight is 971 g/mol. The van der Waals surface area contributed by atoms with Crippen LogP contribution in [-0.2, 0) is 0 Å². The summed E-state index contributed by atoms with van der Waals surface area (Å²) in [7, 11) is 0. The standard InChI is InChI=1S/C72H46N2S/c1-3-19-47(20-4-1)48-35-37-50(38-36-48)73(51-40-42-60-61-29-13-16-32-69(61)74(49-21-5-2-6-22-49)70-33-17-14-30-62(70)64(60)43-51)52-39-41-59-57-27-10-9-25-55(57)53-23-7-8-24-54(53)56-26-11-12-28-58(56)67-46-72-68(45-66(67)65(59)44-52)63-31-15-18-34-71(63)75-72/h1-46H. The summed E-state index contributed by atoms with van der Waals surface area (Å²) >= 11 is 1.88. The maximum Gasteiger partial charge on any atom is 0.0540 e. The normalized spacial score (nSPS) is 12.0. The van der Waals surface area contributed by atoms with Crippen molar-refractivity contribution in [3.05, 3.63) is 279 Å². The van der Waals surface area contributed by atoms with Crippen molar-refractivity contribution in [1.29, 1.82) is 0 Å². The summed E-state index contributed by atoms with van der Waals surface area (Å²) in [4.78, 5) is 4.89. The molecule has 13 aromatic carbocycles. The molecule has 0 bridgehead atoms. The van der Waals surface area contributed by atoms with Crippen LogP contribution in [0.15, 0.2) is 279 Å². The number of para-hydroxylation sites is 3. The van der Waals surface area contributed by atoms with Gasteiger partial charge in [-0.25, -0.2) is 0 Å². The maximum atomic E-state index is 2.49. The molecular formula is C72H46N2S. The Labute approximate surface area is 439 Å². The first-order chi connectivity index (χ1) is 37.2. The minimum Gasteiger partial charge on any atom is -0.310 e. The third-order valence-corrected chi connectivity index (χ3v) is 16.5. The first-order valence-electron chi connectivity index (χ1n) is 25.7. The molecule has 2 nitrogen and oxygen atoms in total. The zero-order chi connectivity index (χ0) is 49.4. The molecule has 0 saturated heterocycles. The third-order valence-electron chi connectivity index (χ3n) is 15.4. The van der Waals surface area contributed by atoms with E-state index in [4.69, 9.17) is 0 Å². The molecule has 0 N–H and O–H groups in total. The highest BCUT2D eigenvalue weighted by molar-refractivity contribution is 7.25. The van der Waals surface area contributed by atoms with Gasteiger partial charge in [0.05, 0.1) is 11.4 Å². The number of hydrogen-bond donors (Lipinski definition) is 0. The predicted molar refractivity (Wildman–Crippen MR) is 324 cm³/mol. The molecule has 0 amide bonds. The van der Waals surface area contributed by atoms with Crippen molar-refractivity contribution >= 4 is 119 Å². The van der Waals surface area contributed by atoms with E-state index in [0.29, 0.717) is 0 Å². The monoisotopic (exact) mass is 970 g/mol. The van der Waals surface area contributed by atoms with E-state index in [9.17, 15) is 0 Å². The van der Waals surface area contributed by atoms with E-state index in [-0.39, 0.29) is 0 Å². The predicted octanol–water partition coefficient (Wildman–Crippen LogP) is 21.2. The zero-order valence-electron chi connectivity index (χ0n) is 40.9. The molecule has 0 aliphatic carbocycles. The number of anilines is 6. The Balaban J connectivity index is 1.06. The Morgan fingerprint density at radius 3 is 1.32 bits per heavy atom. The van der Waals surface area contributed by atoms with Crippen LogP contribution in [0.5, 0.6) is 0 Å². The summed E-state index contributed by atoms with van der Waals surface area (Å²) < 4.78 is 2.58. The molecule has 350 valence electrons. The van der Waals surface area contributed by atoms with Gasteiger partial charge in [0.15, 0.2) is 0 Å². The average Bonchev–Trinajstić information content (AvgIpc) is 3.85. The minimum atomic E-state index is 1.07. The van der Waals surface area contributed by atoms with Gasteiger partial charge >= 0.3 is 0 Å². The topological polar surface area (TPSA) is 6.48 Å². The van der Waals surface area contributed by atoms with Crippen molar-refractivity contribution < 1.29 is 0 Å². The fourth-order valence-corrected chi connectivity index (χ4v) is 13.1. The molecule has 1 aliphatic heterocycles. The number of benzene rings is 12. The van der Waals surface area contributed by atoms with E-state index in [1.165, 1.54) is 107 Å². The van der Waals surface area contributed by atoms with Gasteiger partial charge in [-0.2, -0.15) is 0 Å². The number of thiophene rings is 1. The van der Waals surface area contributed by atoms with Gasteiger partial charge in [0.1, 0.15) is 0 Å². The largest absolute Gasteiger partial charge is 0.310 e. The van der Waals surface area contributed by atoms with Crippen LogP contribution < -0.4 is 9.80 Å². The molecule has 0 saturated carbocycles. The van der Waals surface area contributed by atoms with Crippen molar-refractivity contribution in [2.45, 2.75) is 0 Å². The van der Waals surface area contributed by atoms with Crippen molar-refractivity contribution in [2.75, 3.05) is 9.80 Å².